The van der Waals surface area contributed by atoms with Crippen molar-refractivity contribution < 1.29 is 13.6 Å². The smallest absolute Gasteiger partial charge is 0.223 e. The summed E-state index contributed by atoms with van der Waals surface area (Å²) in [7, 11) is 0. The van der Waals surface area contributed by atoms with Gasteiger partial charge in [0.1, 0.15) is 17.3 Å². The van der Waals surface area contributed by atoms with Gasteiger partial charge in [0.15, 0.2) is 0 Å². The van der Waals surface area contributed by atoms with Crippen molar-refractivity contribution in [3.8, 4) is 0 Å². The molecular formula is C21H20F2N2O. The minimum Gasteiger partial charge on any atom is -0.344 e. The van der Waals surface area contributed by atoms with Crippen molar-refractivity contribution in [3.63, 3.8) is 0 Å². The second-order valence-corrected chi connectivity index (χ2v) is 7.39. The van der Waals surface area contributed by atoms with Crippen molar-refractivity contribution in [2.24, 2.45) is 0 Å². The van der Waals surface area contributed by atoms with Crippen LogP contribution in [0, 0.1) is 11.6 Å². The highest BCUT2D eigenvalue weighted by Crippen LogP contribution is 2.52. The van der Waals surface area contributed by atoms with Crippen LogP contribution in [-0.2, 0) is 10.2 Å². The number of anilines is 1. The molecule has 134 valence electrons. The van der Waals surface area contributed by atoms with Crippen molar-refractivity contribution in [1.82, 2.24) is 5.32 Å². The lowest BCUT2D eigenvalue weighted by molar-refractivity contribution is -0.124. The van der Waals surface area contributed by atoms with Crippen molar-refractivity contribution in [1.29, 1.82) is 0 Å². The molecule has 2 aromatic rings. The number of amides is 1. The maximum Gasteiger partial charge on any atom is 0.223 e. The van der Waals surface area contributed by atoms with E-state index in [2.05, 4.69) is 10.2 Å². The topological polar surface area (TPSA) is 32.3 Å². The van der Waals surface area contributed by atoms with Crippen LogP contribution in [0.3, 0.4) is 0 Å². The lowest BCUT2D eigenvalue weighted by atomic mass is 9.74. The maximum atomic E-state index is 13.9. The molecule has 1 unspecified atom stereocenters. The molecule has 1 N–H and O–H groups in total. The maximum absolute atomic E-state index is 13.9. The number of hydrogen-bond donors (Lipinski definition) is 1. The van der Waals surface area contributed by atoms with E-state index in [4.69, 9.17) is 0 Å². The van der Waals surface area contributed by atoms with Gasteiger partial charge >= 0.3 is 0 Å². The molecule has 2 aliphatic heterocycles. The van der Waals surface area contributed by atoms with Crippen molar-refractivity contribution in [3.05, 3.63) is 71.3 Å². The zero-order valence-electron chi connectivity index (χ0n) is 14.7. The molecule has 2 aliphatic rings. The average molecular weight is 354 g/mol. The lowest BCUT2D eigenvalue weighted by Crippen LogP contribution is -2.68. The van der Waals surface area contributed by atoms with Crippen LogP contribution < -0.4 is 10.2 Å². The van der Waals surface area contributed by atoms with Crippen LogP contribution in [0.25, 0.3) is 6.08 Å². The molecule has 0 aliphatic carbocycles. The van der Waals surface area contributed by atoms with E-state index in [1.165, 1.54) is 18.2 Å². The summed E-state index contributed by atoms with van der Waals surface area (Å²) in [5.41, 5.74) is 1.28. The van der Waals surface area contributed by atoms with Crippen LogP contribution in [0.4, 0.5) is 14.5 Å². The van der Waals surface area contributed by atoms with Crippen LogP contribution in [0.15, 0.2) is 48.5 Å². The highest BCUT2D eigenvalue weighted by molar-refractivity contribution is 5.84. The summed E-state index contributed by atoms with van der Waals surface area (Å²) in [5, 5.41) is 3.13. The van der Waals surface area contributed by atoms with Crippen LogP contribution in [-0.4, -0.2) is 18.1 Å². The molecule has 0 aromatic heterocycles. The van der Waals surface area contributed by atoms with E-state index < -0.39 is 11.1 Å². The molecule has 1 saturated heterocycles. The Bertz CT molecular complexity index is 905. The largest absolute Gasteiger partial charge is 0.344 e. The molecule has 2 heterocycles. The van der Waals surface area contributed by atoms with E-state index >= 15 is 0 Å². The normalized spacial score (nSPS) is 23.7. The van der Waals surface area contributed by atoms with Gasteiger partial charge in [-0.1, -0.05) is 32.1 Å². The van der Waals surface area contributed by atoms with Gasteiger partial charge in [-0.2, -0.15) is 0 Å². The molecule has 26 heavy (non-hydrogen) atoms. The van der Waals surface area contributed by atoms with Gasteiger partial charge in [0.25, 0.3) is 0 Å². The minimum atomic E-state index is -0.799. The second-order valence-electron chi connectivity index (χ2n) is 7.39. The van der Waals surface area contributed by atoms with Crippen LogP contribution >= 0.6 is 0 Å². The predicted molar refractivity (Wildman–Crippen MR) is 97.7 cm³/mol. The molecule has 4 rings (SSSR count). The van der Waals surface area contributed by atoms with Gasteiger partial charge in [0, 0.05) is 24.1 Å². The first-order chi connectivity index (χ1) is 12.3. The van der Waals surface area contributed by atoms with Gasteiger partial charge in [0.2, 0.25) is 5.91 Å². The molecule has 0 spiro atoms. The van der Waals surface area contributed by atoms with E-state index in [1.54, 1.807) is 24.3 Å². The summed E-state index contributed by atoms with van der Waals surface area (Å²) >= 11 is 0. The molecule has 1 atom stereocenters. The summed E-state index contributed by atoms with van der Waals surface area (Å²) in [4.78, 5) is 14.4. The number of hydrogen-bond acceptors (Lipinski definition) is 2. The number of carbonyl (C=O) groups is 1. The first-order valence-corrected chi connectivity index (χ1v) is 8.67. The number of nitrogens with one attached hydrogen (secondary N) is 1. The van der Waals surface area contributed by atoms with E-state index in [9.17, 15) is 13.6 Å². The Morgan fingerprint density at radius 1 is 1.08 bits per heavy atom. The van der Waals surface area contributed by atoms with Gasteiger partial charge in [0.05, 0.1) is 0 Å². The van der Waals surface area contributed by atoms with Gasteiger partial charge in [-0.05, 0) is 47.5 Å². The second kappa shape index (κ2) is 5.66. The standard InChI is InChI=1S/C21H20F2N2O/c1-20(2)17-13-16(23)7-8-18(17)25-12-10-19(26)24-21(20,25)11-9-14-3-5-15(22)6-4-14/h3-9,11,13H,10,12H2,1-2H3,(H,24,26)/b11-9+. The number of nitrogens with zero attached hydrogens (tertiary/aromatic N) is 1. The molecule has 2 aromatic carbocycles. The SMILES string of the molecule is CC1(C)c2cc(F)ccc2N2CCC(=O)NC21/C=C/c1ccc(F)cc1. The Hall–Kier alpha value is -2.69. The molecule has 0 saturated carbocycles. The molecule has 3 nitrogen and oxygen atoms in total. The van der Waals surface area contributed by atoms with Gasteiger partial charge in [-0.15, -0.1) is 0 Å². The van der Waals surface area contributed by atoms with E-state index in [1.807, 2.05) is 26.0 Å². The van der Waals surface area contributed by atoms with Gasteiger partial charge in [-0.25, -0.2) is 8.78 Å². The number of benzene rings is 2. The number of rotatable bonds is 2. The summed E-state index contributed by atoms with van der Waals surface area (Å²) < 4.78 is 27.1. The summed E-state index contributed by atoms with van der Waals surface area (Å²) in [6.45, 7) is 4.57. The van der Waals surface area contributed by atoms with Crippen molar-refractivity contribution in [2.45, 2.75) is 31.3 Å². The zero-order chi connectivity index (χ0) is 18.5. The quantitative estimate of drug-likeness (QED) is 0.884. The third-order valence-corrected chi connectivity index (χ3v) is 5.58. The molecule has 0 radical (unpaired) electrons. The molecule has 1 amide bonds. The van der Waals surface area contributed by atoms with Crippen LogP contribution in [0.5, 0.6) is 0 Å². The summed E-state index contributed by atoms with van der Waals surface area (Å²) in [6.07, 6.45) is 4.20. The van der Waals surface area contributed by atoms with Crippen LogP contribution in [0.2, 0.25) is 0 Å². The first-order valence-electron chi connectivity index (χ1n) is 8.67. The highest BCUT2D eigenvalue weighted by Gasteiger charge is 2.57. The Morgan fingerprint density at radius 3 is 2.50 bits per heavy atom. The monoisotopic (exact) mass is 354 g/mol. The van der Waals surface area contributed by atoms with Crippen LogP contribution in [0.1, 0.15) is 31.4 Å². The van der Waals surface area contributed by atoms with Gasteiger partial charge < -0.3 is 10.2 Å². The lowest BCUT2D eigenvalue weighted by Gasteiger charge is -2.49. The van der Waals surface area contributed by atoms with Crippen molar-refractivity contribution >= 4 is 17.7 Å². The zero-order valence-corrected chi connectivity index (χ0v) is 14.7. The summed E-state index contributed by atoms with van der Waals surface area (Å²) in [5.74, 6) is -0.621. The molecule has 0 bridgehead atoms. The van der Waals surface area contributed by atoms with E-state index in [0.29, 0.717) is 13.0 Å². The van der Waals surface area contributed by atoms with Gasteiger partial charge in [-0.3, -0.25) is 4.79 Å². The molecule has 5 heteroatoms. The fourth-order valence-electron chi connectivity index (χ4n) is 4.12. The Kier molecular flexibility index (Phi) is 3.65. The molecular weight excluding hydrogens is 334 g/mol. The molecule has 1 fully saturated rings. The average Bonchev–Trinajstić information content (AvgIpc) is 2.79. The fraction of sp³-hybridized carbons (Fsp3) is 0.286. The Balaban J connectivity index is 1.84. The third kappa shape index (κ3) is 2.34. The minimum absolute atomic E-state index is 0.0358. The van der Waals surface area contributed by atoms with E-state index in [0.717, 1.165) is 16.8 Å². The Morgan fingerprint density at radius 2 is 1.77 bits per heavy atom. The number of halogens is 2. The fourth-order valence-corrected chi connectivity index (χ4v) is 4.12. The van der Waals surface area contributed by atoms with Crippen molar-refractivity contribution in [2.75, 3.05) is 11.4 Å². The highest BCUT2D eigenvalue weighted by atomic mass is 19.1. The third-order valence-electron chi connectivity index (χ3n) is 5.58. The summed E-state index contributed by atoms with van der Waals surface area (Å²) in [6, 6.07) is 10.9. The first kappa shape index (κ1) is 16.8. The number of fused-ring (bicyclic) bond motifs is 3. The van der Waals surface area contributed by atoms with E-state index in [-0.39, 0.29) is 17.5 Å². The predicted octanol–water partition coefficient (Wildman–Crippen LogP) is 3.99. The number of carbonyl (C=O) groups excluding carboxylic acids is 1. The Labute approximate surface area is 151 Å².